The first-order valence-corrected chi connectivity index (χ1v) is 11.6. The van der Waals surface area contributed by atoms with Gasteiger partial charge in [-0.1, -0.05) is 31.9 Å². The molecule has 6 heteroatoms. The molecule has 3 aromatic rings. The number of rotatable bonds is 8. The Labute approximate surface area is 199 Å². The molecule has 34 heavy (non-hydrogen) atoms. The Hall–Kier alpha value is -3.80. The molecular weight excluding hydrogens is 430 g/mol. The second-order valence-corrected chi connectivity index (χ2v) is 8.48. The van der Waals surface area contributed by atoms with E-state index in [9.17, 15) is 14.7 Å². The van der Waals surface area contributed by atoms with Crippen molar-refractivity contribution in [3.05, 3.63) is 88.9 Å². The van der Waals surface area contributed by atoms with Crippen LogP contribution in [0.4, 0.5) is 5.69 Å². The van der Waals surface area contributed by atoms with Gasteiger partial charge in [0.2, 0.25) is 0 Å². The van der Waals surface area contributed by atoms with E-state index >= 15 is 0 Å². The molecule has 1 saturated heterocycles. The molecule has 0 aliphatic carbocycles. The van der Waals surface area contributed by atoms with Crippen molar-refractivity contribution in [1.29, 1.82) is 0 Å². The smallest absolute Gasteiger partial charge is 0.300 e. The van der Waals surface area contributed by atoms with Crippen LogP contribution in [0.5, 0.6) is 5.75 Å². The average Bonchev–Trinajstić information content (AvgIpc) is 3.46. The fourth-order valence-corrected chi connectivity index (χ4v) is 4.20. The molecule has 0 saturated carbocycles. The molecule has 1 N–H and O–H groups in total. The van der Waals surface area contributed by atoms with E-state index in [-0.39, 0.29) is 11.3 Å². The van der Waals surface area contributed by atoms with E-state index in [4.69, 9.17) is 9.15 Å². The second kappa shape index (κ2) is 10.00. The summed E-state index contributed by atoms with van der Waals surface area (Å²) in [5.74, 6) is -0.610. The van der Waals surface area contributed by atoms with Crippen LogP contribution in [0.3, 0.4) is 0 Å². The van der Waals surface area contributed by atoms with Crippen molar-refractivity contribution in [2.24, 2.45) is 0 Å². The van der Waals surface area contributed by atoms with Crippen LogP contribution in [0.25, 0.3) is 5.76 Å². The van der Waals surface area contributed by atoms with Gasteiger partial charge in [-0.15, -0.1) is 0 Å². The molecule has 0 radical (unpaired) electrons. The van der Waals surface area contributed by atoms with Gasteiger partial charge < -0.3 is 14.3 Å². The predicted octanol–water partition coefficient (Wildman–Crippen LogP) is 6.09. The molecule has 0 bridgehead atoms. The summed E-state index contributed by atoms with van der Waals surface area (Å²) in [6.07, 6.45) is 4.69. The minimum atomic E-state index is -0.875. The Morgan fingerprint density at radius 1 is 1.03 bits per heavy atom. The number of amides is 1. The molecule has 1 aliphatic rings. The molecule has 1 atom stereocenters. The van der Waals surface area contributed by atoms with Crippen LogP contribution < -0.4 is 9.64 Å². The molecule has 1 aromatic heterocycles. The van der Waals surface area contributed by atoms with Crippen LogP contribution in [0.2, 0.25) is 0 Å². The van der Waals surface area contributed by atoms with Crippen LogP contribution in [0.15, 0.2) is 70.9 Å². The molecule has 1 unspecified atom stereocenters. The summed E-state index contributed by atoms with van der Waals surface area (Å²) >= 11 is 0. The molecule has 2 heterocycles. The summed E-state index contributed by atoms with van der Waals surface area (Å²) in [6.45, 7) is 6.61. The summed E-state index contributed by atoms with van der Waals surface area (Å²) < 4.78 is 11.4. The molecule has 1 aliphatic heterocycles. The van der Waals surface area contributed by atoms with E-state index in [0.717, 1.165) is 30.4 Å². The number of unbranched alkanes of at least 4 members (excludes halogenated alkanes) is 2. The topological polar surface area (TPSA) is 80.0 Å². The van der Waals surface area contributed by atoms with Gasteiger partial charge in [0.1, 0.15) is 23.3 Å². The van der Waals surface area contributed by atoms with Gasteiger partial charge in [-0.3, -0.25) is 14.5 Å². The van der Waals surface area contributed by atoms with Crippen molar-refractivity contribution >= 4 is 23.1 Å². The van der Waals surface area contributed by atoms with Crippen LogP contribution in [0.1, 0.15) is 54.7 Å². The van der Waals surface area contributed by atoms with Crippen molar-refractivity contribution in [1.82, 2.24) is 0 Å². The largest absolute Gasteiger partial charge is 0.507 e. The molecule has 6 nitrogen and oxygen atoms in total. The molecule has 2 aromatic carbocycles. The van der Waals surface area contributed by atoms with E-state index in [1.54, 1.807) is 42.5 Å². The highest BCUT2D eigenvalue weighted by Crippen LogP contribution is 2.43. The fraction of sp³-hybridized carbons (Fsp3) is 0.286. The van der Waals surface area contributed by atoms with Crippen LogP contribution in [-0.2, 0) is 9.59 Å². The number of ketones is 1. The van der Waals surface area contributed by atoms with Gasteiger partial charge in [-0.25, -0.2) is 0 Å². The Balaban J connectivity index is 1.74. The van der Waals surface area contributed by atoms with E-state index in [1.165, 1.54) is 11.2 Å². The third-order valence-electron chi connectivity index (χ3n) is 6.24. The molecular formula is C28H29NO5. The van der Waals surface area contributed by atoms with Gasteiger partial charge in [0, 0.05) is 11.3 Å². The summed E-state index contributed by atoms with van der Waals surface area (Å²) in [7, 11) is 0. The number of carbonyl (C=O) groups excluding carboxylic acids is 2. The van der Waals surface area contributed by atoms with Crippen molar-refractivity contribution < 1.29 is 23.8 Å². The van der Waals surface area contributed by atoms with Gasteiger partial charge in [0.25, 0.3) is 11.7 Å². The van der Waals surface area contributed by atoms with Crippen LogP contribution >= 0.6 is 0 Å². The van der Waals surface area contributed by atoms with Crippen molar-refractivity contribution in [3.8, 4) is 5.75 Å². The van der Waals surface area contributed by atoms with Gasteiger partial charge in [-0.05, 0) is 73.9 Å². The fourth-order valence-electron chi connectivity index (χ4n) is 4.20. The Bertz CT molecular complexity index is 1210. The number of nitrogens with zero attached hydrogens (tertiary/aromatic N) is 1. The maximum atomic E-state index is 13.2. The minimum absolute atomic E-state index is 0.00234. The Kier molecular flexibility index (Phi) is 6.87. The summed E-state index contributed by atoms with van der Waals surface area (Å²) in [5.41, 5.74) is 2.91. The first kappa shape index (κ1) is 23.4. The highest BCUT2D eigenvalue weighted by molar-refractivity contribution is 6.51. The number of aliphatic hydroxyl groups is 1. The van der Waals surface area contributed by atoms with Crippen LogP contribution in [0, 0.1) is 13.8 Å². The Morgan fingerprint density at radius 3 is 2.47 bits per heavy atom. The number of Topliss-reactive ketones (excluding diaryl/α,β-unsaturated/α-hetero) is 1. The zero-order chi connectivity index (χ0) is 24.2. The minimum Gasteiger partial charge on any atom is -0.507 e. The summed E-state index contributed by atoms with van der Waals surface area (Å²) in [6, 6.07) is 15.0. The first-order valence-electron chi connectivity index (χ1n) is 11.6. The maximum absolute atomic E-state index is 13.2. The third kappa shape index (κ3) is 4.36. The Morgan fingerprint density at radius 2 is 1.79 bits per heavy atom. The highest BCUT2D eigenvalue weighted by Gasteiger charge is 2.48. The van der Waals surface area contributed by atoms with Gasteiger partial charge in [-0.2, -0.15) is 0 Å². The molecule has 4 rings (SSSR count). The van der Waals surface area contributed by atoms with Gasteiger partial charge >= 0.3 is 0 Å². The van der Waals surface area contributed by atoms with E-state index in [0.29, 0.717) is 29.4 Å². The molecule has 1 fully saturated rings. The maximum Gasteiger partial charge on any atom is 0.300 e. The highest BCUT2D eigenvalue weighted by atomic mass is 16.5. The van der Waals surface area contributed by atoms with E-state index < -0.39 is 17.7 Å². The zero-order valence-corrected chi connectivity index (χ0v) is 19.7. The molecule has 0 spiro atoms. The predicted molar refractivity (Wildman–Crippen MR) is 131 cm³/mol. The number of anilines is 1. The number of hydrogen-bond acceptors (Lipinski definition) is 5. The lowest BCUT2D eigenvalue weighted by Crippen LogP contribution is -2.30. The molecule has 176 valence electrons. The number of benzene rings is 2. The zero-order valence-electron chi connectivity index (χ0n) is 19.7. The van der Waals surface area contributed by atoms with Gasteiger partial charge in [0.15, 0.2) is 0 Å². The number of hydrogen-bond donors (Lipinski definition) is 1. The standard InChI is InChI=1S/C28H29NO5/c1-4-5-6-16-33-21-14-12-20(13-15-21)26(30)24-25(23-11-8-17-34-23)29(28(32)27(24)31)22-10-7-9-18(2)19(22)3/h7-15,17,25,30H,4-6,16H2,1-3H3/b26-24-. The first-order chi connectivity index (χ1) is 16.4. The summed E-state index contributed by atoms with van der Waals surface area (Å²) in [4.78, 5) is 27.8. The third-order valence-corrected chi connectivity index (χ3v) is 6.24. The average molecular weight is 460 g/mol. The SMILES string of the molecule is CCCCCOc1ccc(/C(O)=C2/C(=O)C(=O)N(c3cccc(C)c3C)C2c2ccco2)cc1. The number of aliphatic hydroxyl groups excluding tert-OH is 1. The lowest BCUT2D eigenvalue weighted by atomic mass is 9.98. The number of furan rings is 1. The number of carbonyl (C=O) groups is 2. The lowest BCUT2D eigenvalue weighted by Gasteiger charge is -2.25. The van der Waals surface area contributed by atoms with Crippen LogP contribution in [-0.4, -0.2) is 23.4 Å². The quantitative estimate of drug-likeness (QED) is 0.191. The summed E-state index contributed by atoms with van der Waals surface area (Å²) in [5, 5.41) is 11.2. The second-order valence-electron chi connectivity index (χ2n) is 8.48. The van der Waals surface area contributed by atoms with Gasteiger partial charge in [0.05, 0.1) is 18.4 Å². The monoisotopic (exact) mass is 459 g/mol. The van der Waals surface area contributed by atoms with Crippen molar-refractivity contribution in [2.75, 3.05) is 11.5 Å². The van der Waals surface area contributed by atoms with E-state index in [2.05, 4.69) is 6.92 Å². The van der Waals surface area contributed by atoms with Crippen molar-refractivity contribution in [2.45, 2.75) is 46.1 Å². The normalized spacial score (nSPS) is 17.4. The lowest BCUT2D eigenvalue weighted by molar-refractivity contribution is -0.132. The number of aryl methyl sites for hydroxylation is 1. The molecule has 1 amide bonds. The van der Waals surface area contributed by atoms with Crippen molar-refractivity contribution in [3.63, 3.8) is 0 Å². The number of ether oxygens (including phenoxy) is 1. The van der Waals surface area contributed by atoms with E-state index in [1.807, 2.05) is 26.0 Å².